The van der Waals surface area contributed by atoms with Crippen LogP contribution in [0.4, 0.5) is 0 Å². The second kappa shape index (κ2) is 6.70. The van der Waals surface area contributed by atoms with Gasteiger partial charge in [-0.3, -0.25) is 14.4 Å². The van der Waals surface area contributed by atoms with Crippen LogP contribution in [0.2, 0.25) is 0 Å². The van der Waals surface area contributed by atoms with Crippen molar-refractivity contribution in [3.8, 4) is 5.75 Å². The van der Waals surface area contributed by atoms with E-state index in [1.165, 1.54) is 4.57 Å². The quantitative estimate of drug-likeness (QED) is 0.856. The molecule has 4 heteroatoms. The highest BCUT2D eigenvalue weighted by atomic mass is 16.5. The second-order valence-corrected chi connectivity index (χ2v) is 4.65. The van der Waals surface area contributed by atoms with E-state index < -0.39 is 0 Å². The number of hydrogen-bond acceptors (Lipinski definition) is 3. The Morgan fingerprint density at radius 1 is 1.15 bits per heavy atom. The maximum atomic E-state index is 12.2. The van der Waals surface area contributed by atoms with Gasteiger partial charge >= 0.3 is 0 Å². The third-order valence-corrected chi connectivity index (χ3v) is 2.60. The molecule has 0 unspecified atom stereocenters. The van der Waals surface area contributed by atoms with Gasteiger partial charge < -0.3 is 4.74 Å². The van der Waals surface area contributed by atoms with Crippen LogP contribution in [0.25, 0.3) is 0 Å². The molecular formula is C16H18N2O2. The number of carbonyl (C=O) groups excluding carboxylic acids is 1. The van der Waals surface area contributed by atoms with Crippen LogP contribution in [0.5, 0.6) is 5.75 Å². The number of aromatic nitrogens is 1. The van der Waals surface area contributed by atoms with Gasteiger partial charge in [-0.25, -0.2) is 0 Å². The van der Waals surface area contributed by atoms with Crippen LogP contribution >= 0.6 is 0 Å². The Kier molecular flexibility index (Phi) is 4.71. The molecule has 1 aromatic heterocycles. The smallest absolute Gasteiger partial charge is 0.270 e. The normalized spacial score (nSPS) is 11.7. The summed E-state index contributed by atoms with van der Waals surface area (Å²) in [6.07, 6.45) is 1.71. The Labute approximate surface area is 118 Å². The molecule has 0 saturated carbocycles. The molecule has 0 amide bonds. The zero-order chi connectivity index (χ0) is 14.4. The van der Waals surface area contributed by atoms with Gasteiger partial charge in [-0.05, 0) is 38.1 Å². The minimum atomic E-state index is -0.145. The fourth-order valence-corrected chi connectivity index (χ4v) is 1.75. The van der Waals surface area contributed by atoms with Crippen LogP contribution in [0.1, 0.15) is 18.6 Å². The van der Waals surface area contributed by atoms with Crippen LogP contribution in [0, 0.1) is 0 Å². The fourth-order valence-electron chi connectivity index (χ4n) is 1.75. The Morgan fingerprint density at radius 2 is 1.85 bits per heavy atom. The van der Waals surface area contributed by atoms with E-state index in [1.54, 1.807) is 12.3 Å². The van der Waals surface area contributed by atoms with Crippen LogP contribution in [0.15, 0.2) is 59.7 Å². The van der Waals surface area contributed by atoms with Gasteiger partial charge in [0.2, 0.25) is 0 Å². The summed E-state index contributed by atoms with van der Waals surface area (Å²) >= 11 is 0. The lowest BCUT2D eigenvalue weighted by Gasteiger charge is -2.08. The van der Waals surface area contributed by atoms with Gasteiger partial charge in [0.05, 0.1) is 0 Å². The Bertz CT molecular complexity index is 630. The summed E-state index contributed by atoms with van der Waals surface area (Å²) in [5.74, 6) is 0.536. The van der Waals surface area contributed by atoms with Gasteiger partial charge in [0.25, 0.3) is 5.91 Å². The number of benzene rings is 1. The number of pyridine rings is 1. The van der Waals surface area contributed by atoms with Crippen molar-refractivity contribution in [1.82, 2.24) is 4.57 Å². The number of para-hydroxylation sites is 1. The summed E-state index contributed by atoms with van der Waals surface area (Å²) in [6, 6.07) is 14.9. The van der Waals surface area contributed by atoms with Crippen LogP contribution < -0.4 is 10.2 Å². The van der Waals surface area contributed by atoms with Crippen molar-refractivity contribution < 1.29 is 9.53 Å². The Morgan fingerprint density at radius 3 is 2.55 bits per heavy atom. The number of nitrogens with zero attached hydrogens (tertiary/aromatic N) is 2. The van der Waals surface area contributed by atoms with Crippen molar-refractivity contribution in [2.24, 2.45) is 4.99 Å². The molecule has 2 aromatic rings. The van der Waals surface area contributed by atoms with Gasteiger partial charge in [-0.1, -0.05) is 24.3 Å². The van der Waals surface area contributed by atoms with Crippen molar-refractivity contribution in [2.75, 3.05) is 6.61 Å². The van der Waals surface area contributed by atoms with E-state index in [2.05, 4.69) is 4.99 Å². The number of ether oxygens (including phenoxy) is 1. The van der Waals surface area contributed by atoms with Gasteiger partial charge in [0.1, 0.15) is 11.2 Å². The first-order chi connectivity index (χ1) is 9.66. The first-order valence-corrected chi connectivity index (χ1v) is 6.59. The van der Waals surface area contributed by atoms with E-state index >= 15 is 0 Å². The summed E-state index contributed by atoms with van der Waals surface area (Å²) in [6.45, 7) is 3.93. The van der Waals surface area contributed by atoms with Gasteiger partial charge in [-0.15, -0.1) is 0 Å². The number of rotatable bonds is 4. The molecule has 104 valence electrons. The maximum Gasteiger partial charge on any atom is 0.270 e. The molecule has 0 atom stereocenters. The minimum Gasteiger partial charge on any atom is -0.484 e. The van der Waals surface area contributed by atoms with E-state index in [-0.39, 0.29) is 18.6 Å². The minimum absolute atomic E-state index is 0.0146. The van der Waals surface area contributed by atoms with E-state index in [0.29, 0.717) is 11.2 Å². The highest BCUT2D eigenvalue weighted by Gasteiger charge is 2.06. The van der Waals surface area contributed by atoms with Crippen molar-refractivity contribution in [1.29, 1.82) is 0 Å². The molecule has 2 rings (SSSR count). The molecule has 0 aliphatic heterocycles. The van der Waals surface area contributed by atoms with Crippen molar-refractivity contribution >= 4 is 5.91 Å². The first kappa shape index (κ1) is 14.1. The zero-order valence-corrected chi connectivity index (χ0v) is 11.7. The van der Waals surface area contributed by atoms with Crippen molar-refractivity contribution in [3.63, 3.8) is 0 Å². The molecule has 0 aliphatic rings. The molecule has 4 nitrogen and oxygen atoms in total. The molecule has 0 N–H and O–H groups in total. The average Bonchev–Trinajstić information content (AvgIpc) is 2.46. The summed E-state index contributed by atoms with van der Waals surface area (Å²) in [7, 11) is 0. The van der Waals surface area contributed by atoms with Gasteiger partial charge in [0.15, 0.2) is 6.61 Å². The van der Waals surface area contributed by atoms with Gasteiger partial charge in [0, 0.05) is 12.2 Å². The Balaban J connectivity index is 2.14. The van der Waals surface area contributed by atoms with E-state index in [0.717, 1.165) is 0 Å². The number of carbonyl (C=O) groups is 1. The molecule has 0 radical (unpaired) electrons. The van der Waals surface area contributed by atoms with Crippen LogP contribution in [0.3, 0.4) is 0 Å². The maximum absolute atomic E-state index is 12.2. The fraction of sp³-hybridized carbons (Fsp3) is 0.250. The summed E-state index contributed by atoms with van der Waals surface area (Å²) < 4.78 is 6.99. The van der Waals surface area contributed by atoms with E-state index in [1.807, 2.05) is 56.3 Å². The summed E-state index contributed by atoms with van der Waals surface area (Å²) in [5.41, 5.74) is 0.643. The molecule has 1 heterocycles. The second-order valence-electron chi connectivity index (χ2n) is 4.65. The number of hydrogen-bond donors (Lipinski definition) is 0. The van der Waals surface area contributed by atoms with Gasteiger partial charge in [-0.2, -0.15) is 0 Å². The highest BCUT2D eigenvalue weighted by molar-refractivity contribution is 5.80. The van der Waals surface area contributed by atoms with E-state index in [4.69, 9.17) is 4.74 Å². The first-order valence-electron chi connectivity index (χ1n) is 6.59. The third-order valence-electron chi connectivity index (χ3n) is 2.60. The largest absolute Gasteiger partial charge is 0.484 e. The molecule has 0 aliphatic carbocycles. The van der Waals surface area contributed by atoms with Crippen molar-refractivity contribution in [2.45, 2.75) is 19.9 Å². The Hall–Kier alpha value is -2.36. The molecule has 0 saturated heterocycles. The molecule has 0 fully saturated rings. The van der Waals surface area contributed by atoms with Crippen LogP contribution in [-0.4, -0.2) is 23.1 Å². The molecular weight excluding hydrogens is 252 g/mol. The SMILES string of the molecule is CC(C)N=c1ccccn1C(=O)COc1ccccc1. The average molecular weight is 270 g/mol. The van der Waals surface area contributed by atoms with Crippen molar-refractivity contribution in [3.05, 3.63) is 60.2 Å². The van der Waals surface area contributed by atoms with E-state index in [9.17, 15) is 4.79 Å². The molecule has 20 heavy (non-hydrogen) atoms. The summed E-state index contributed by atoms with van der Waals surface area (Å²) in [5, 5.41) is 0. The molecule has 0 spiro atoms. The zero-order valence-electron chi connectivity index (χ0n) is 11.7. The molecule has 0 bridgehead atoms. The predicted molar refractivity (Wildman–Crippen MR) is 77.7 cm³/mol. The standard InChI is InChI=1S/C16H18N2O2/c1-13(2)17-15-10-6-7-11-18(15)16(19)12-20-14-8-4-3-5-9-14/h3-11,13H,12H2,1-2H3. The third kappa shape index (κ3) is 3.82. The predicted octanol–water partition coefficient (Wildman–Crippen LogP) is 2.52. The summed E-state index contributed by atoms with van der Waals surface area (Å²) in [4.78, 5) is 16.6. The lowest BCUT2D eigenvalue weighted by atomic mass is 10.3. The molecule has 1 aromatic carbocycles. The highest BCUT2D eigenvalue weighted by Crippen LogP contribution is 2.07. The lowest BCUT2D eigenvalue weighted by molar-refractivity contribution is 0.0831. The lowest BCUT2D eigenvalue weighted by Crippen LogP contribution is -2.31. The van der Waals surface area contributed by atoms with Crippen LogP contribution in [-0.2, 0) is 0 Å². The topological polar surface area (TPSA) is 43.6 Å². The monoisotopic (exact) mass is 270 g/mol.